The van der Waals surface area contributed by atoms with Crippen molar-refractivity contribution in [2.24, 2.45) is 10.9 Å². The number of hydrogen-bond donors (Lipinski definition) is 3. The summed E-state index contributed by atoms with van der Waals surface area (Å²) >= 11 is 0. The van der Waals surface area contributed by atoms with Gasteiger partial charge in [-0.3, -0.25) is 9.79 Å². The first kappa shape index (κ1) is 19.0. The molecule has 128 valence electrons. The van der Waals surface area contributed by atoms with Gasteiger partial charge in [0.15, 0.2) is 5.96 Å². The number of aliphatic imine (C=N–C) groups is 1. The second kappa shape index (κ2) is 11.5. The second-order valence-electron chi connectivity index (χ2n) is 5.97. The zero-order valence-electron chi connectivity index (χ0n) is 14.6. The van der Waals surface area contributed by atoms with Crippen molar-refractivity contribution in [1.82, 2.24) is 16.0 Å². The lowest BCUT2D eigenvalue weighted by molar-refractivity contribution is -0.119. The van der Waals surface area contributed by atoms with Gasteiger partial charge in [-0.1, -0.05) is 44.2 Å². The normalized spacial score (nSPS) is 11.4. The topological polar surface area (TPSA) is 65.5 Å². The molecule has 0 aliphatic heterocycles. The van der Waals surface area contributed by atoms with Gasteiger partial charge in [0.2, 0.25) is 5.91 Å². The van der Waals surface area contributed by atoms with Crippen molar-refractivity contribution < 1.29 is 4.79 Å². The molecule has 0 saturated heterocycles. The minimum atomic E-state index is -0.0222. The summed E-state index contributed by atoms with van der Waals surface area (Å²) in [6.45, 7) is 6.18. The summed E-state index contributed by atoms with van der Waals surface area (Å²) in [5.74, 6) is 1.36. The molecule has 1 amide bonds. The van der Waals surface area contributed by atoms with Crippen molar-refractivity contribution in [2.75, 3.05) is 26.7 Å². The van der Waals surface area contributed by atoms with E-state index in [1.807, 2.05) is 18.2 Å². The molecular formula is C18H30N4O. The Labute approximate surface area is 140 Å². The molecule has 5 heteroatoms. The first-order valence-corrected chi connectivity index (χ1v) is 8.37. The van der Waals surface area contributed by atoms with Gasteiger partial charge in [-0.25, -0.2) is 0 Å². The number of guanidine groups is 1. The molecular weight excluding hydrogens is 288 g/mol. The predicted molar refractivity (Wildman–Crippen MR) is 96.6 cm³/mol. The number of nitrogens with one attached hydrogen (secondary N) is 3. The van der Waals surface area contributed by atoms with E-state index in [0.29, 0.717) is 18.4 Å². The van der Waals surface area contributed by atoms with Gasteiger partial charge in [-0.2, -0.15) is 0 Å². The van der Waals surface area contributed by atoms with E-state index in [2.05, 4.69) is 46.9 Å². The highest BCUT2D eigenvalue weighted by Gasteiger charge is 2.03. The molecule has 0 unspecified atom stereocenters. The van der Waals surface area contributed by atoms with Crippen LogP contribution < -0.4 is 16.0 Å². The molecule has 0 bridgehead atoms. The molecule has 0 fully saturated rings. The Hall–Kier alpha value is -2.04. The average Bonchev–Trinajstić information content (AvgIpc) is 2.55. The number of benzene rings is 1. The van der Waals surface area contributed by atoms with Crippen LogP contribution in [0.5, 0.6) is 0 Å². The fourth-order valence-corrected chi connectivity index (χ4v) is 2.16. The molecule has 1 aromatic rings. The molecule has 3 N–H and O–H groups in total. The van der Waals surface area contributed by atoms with Crippen LogP contribution in [-0.2, 0) is 11.2 Å². The zero-order valence-corrected chi connectivity index (χ0v) is 14.6. The quantitative estimate of drug-likeness (QED) is 0.370. The number of carbonyl (C=O) groups excluding carboxylic acids is 1. The Morgan fingerprint density at radius 2 is 1.83 bits per heavy atom. The summed E-state index contributed by atoms with van der Waals surface area (Å²) in [5, 5.41) is 9.16. The monoisotopic (exact) mass is 318 g/mol. The Kier molecular flexibility index (Phi) is 9.52. The van der Waals surface area contributed by atoms with Crippen LogP contribution >= 0.6 is 0 Å². The molecule has 1 aromatic carbocycles. The van der Waals surface area contributed by atoms with Gasteiger partial charge in [-0.15, -0.1) is 0 Å². The lowest BCUT2D eigenvalue weighted by Gasteiger charge is -2.12. The van der Waals surface area contributed by atoms with E-state index in [0.717, 1.165) is 19.4 Å². The van der Waals surface area contributed by atoms with Crippen LogP contribution in [0.4, 0.5) is 0 Å². The van der Waals surface area contributed by atoms with E-state index in [1.54, 1.807) is 7.05 Å². The van der Waals surface area contributed by atoms with Crippen LogP contribution in [0.3, 0.4) is 0 Å². The van der Waals surface area contributed by atoms with E-state index >= 15 is 0 Å². The summed E-state index contributed by atoms with van der Waals surface area (Å²) in [7, 11) is 1.71. The number of hydrogen-bond acceptors (Lipinski definition) is 2. The minimum absolute atomic E-state index is 0.0222. The third kappa shape index (κ3) is 9.55. The average molecular weight is 318 g/mol. The molecule has 5 nitrogen and oxygen atoms in total. The van der Waals surface area contributed by atoms with Crippen LogP contribution in [0.25, 0.3) is 0 Å². The Morgan fingerprint density at radius 3 is 2.48 bits per heavy atom. The fourth-order valence-electron chi connectivity index (χ4n) is 2.16. The van der Waals surface area contributed by atoms with Crippen molar-refractivity contribution >= 4 is 11.9 Å². The standard InChI is InChI=1S/C18H30N4O/c1-15(2)8-7-12-21-18(19-3)22-14-17(23)20-13-11-16-9-5-4-6-10-16/h4-6,9-10,15H,7-8,11-14H2,1-3H3,(H,20,23)(H2,19,21,22). The Bertz CT molecular complexity index is 471. The van der Waals surface area contributed by atoms with Crippen LogP contribution in [-0.4, -0.2) is 38.5 Å². The number of rotatable bonds is 9. The van der Waals surface area contributed by atoms with Gasteiger partial charge in [0, 0.05) is 20.1 Å². The van der Waals surface area contributed by atoms with Gasteiger partial charge >= 0.3 is 0 Å². The minimum Gasteiger partial charge on any atom is -0.356 e. The van der Waals surface area contributed by atoms with E-state index < -0.39 is 0 Å². The van der Waals surface area contributed by atoms with Crippen LogP contribution in [0, 0.1) is 5.92 Å². The van der Waals surface area contributed by atoms with Crippen LogP contribution in [0.2, 0.25) is 0 Å². The molecule has 0 atom stereocenters. The maximum atomic E-state index is 11.8. The molecule has 1 rings (SSSR count). The van der Waals surface area contributed by atoms with E-state index in [-0.39, 0.29) is 12.5 Å². The molecule has 0 heterocycles. The Morgan fingerprint density at radius 1 is 1.09 bits per heavy atom. The van der Waals surface area contributed by atoms with Crippen LogP contribution in [0.1, 0.15) is 32.3 Å². The van der Waals surface area contributed by atoms with Gasteiger partial charge < -0.3 is 16.0 Å². The number of amides is 1. The molecule has 0 radical (unpaired) electrons. The maximum absolute atomic E-state index is 11.8. The summed E-state index contributed by atoms with van der Waals surface area (Å²) in [5.41, 5.74) is 1.23. The van der Waals surface area contributed by atoms with E-state index in [9.17, 15) is 4.79 Å². The van der Waals surface area contributed by atoms with E-state index in [4.69, 9.17) is 0 Å². The van der Waals surface area contributed by atoms with Crippen molar-refractivity contribution in [3.63, 3.8) is 0 Å². The second-order valence-corrected chi connectivity index (χ2v) is 5.97. The van der Waals surface area contributed by atoms with Crippen molar-refractivity contribution in [3.05, 3.63) is 35.9 Å². The summed E-state index contributed by atoms with van der Waals surface area (Å²) < 4.78 is 0. The SMILES string of the molecule is CN=C(NCCCC(C)C)NCC(=O)NCCc1ccccc1. The third-order valence-electron chi connectivity index (χ3n) is 3.47. The smallest absolute Gasteiger partial charge is 0.239 e. The lowest BCUT2D eigenvalue weighted by Crippen LogP contribution is -2.43. The third-order valence-corrected chi connectivity index (χ3v) is 3.47. The summed E-state index contributed by atoms with van der Waals surface area (Å²) in [4.78, 5) is 15.9. The van der Waals surface area contributed by atoms with Crippen molar-refractivity contribution in [2.45, 2.75) is 33.1 Å². The van der Waals surface area contributed by atoms with Gasteiger partial charge in [0.05, 0.1) is 6.54 Å². The number of nitrogens with zero attached hydrogens (tertiary/aromatic N) is 1. The maximum Gasteiger partial charge on any atom is 0.239 e. The van der Waals surface area contributed by atoms with Crippen LogP contribution in [0.15, 0.2) is 35.3 Å². The van der Waals surface area contributed by atoms with E-state index in [1.165, 1.54) is 12.0 Å². The van der Waals surface area contributed by atoms with Gasteiger partial charge in [0.25, 0.3) is 0 Å². The zero-order chi connectivity index (χ0) is 16.9. The van der Waals surface area contributed by atoms with Gasteiger partial charge in [-0.05, 0) is 30.7 Å². The lowest BCUT2D eigenvalue weighted by atomic mass is 10.1. The largest absolute Gasteiger partial charge is 0.356 e. The van der Waals surface area contributed by atoms with Gasteiger partial charge in [0.1, 0.15) is 0 Å². The summed E-state index contributed by atoms with van der Waals surface area (Å²) in [6.07, 6.45) is 3.13. The highest BCUT2D eigenvalue weighted by Crippen LogP contribution is 2.01. The van der Waals surface area contributed by atoms with Crippen molar-refractivity contribution in [1.29, 1.82) is 0 Å². The number of carbonyl (C=O) groups is 1. The first-order chi connectivity index (χ1) is 11.1. The fraction of sp³-hybridized carbons (Fsp3) is 0.556. The predicted octanol–water partition coefficient (Wildman–Crippen LogP) is 1.95. The Balaban J connectivity index is 2.13. The highest BCUT2D eigenvalue weighted by atomic mass is 16.1. The summed E-state index contributed by atoms with van der Waals surface area (Å²) in [6, 6.07) is 10.1. The molecule has 0 spiro atoms. The molecule has 0 aliphatic carbocycles. The molecule has 0 aromatic heterocycles. The highest BCUT2D eigenvalue weighted by molar-refractivity contribution is 5.86. The molecule has 23 heavy (non-hydrogen) atoms. The molecule has 0 aliphatic rings. The first-order valence-electron chi connectivity index (χ1n) is 8.37. The van der Waals surface area contributed by atoms with Crippen molar-refractivity contribution in [3.8, 4) is 0 Å². The molecule has 0 saturated carbocycles.